The lowest BCUT2D eigenvalue weighted by atomic mass is 10.1. The van der Waals surface area contributed by atoms with Crippen molar-refractivity contribution in [3.05, 3.63) is 30.0 Å². The molecule has 108 valence electrons. The van der Waals surface area contributed by atoms with E-state index in [4.69, 9.17) is 5.10 Å². The van der Waals surface area contributed by atoms with Crippen LogP contribution >= 0.6 is 0 Å². The van der Waals surface area contributed by atoms with E-state index in [-0.39, 0.29) is 0 Å². The van der Waals surface area contributed by atoms with Crippen LogP contribution in [-0.2, 0) is 13.1 Å². The Hall–Kier alpha value is -1.39. The van der Waals surface area contributed by atoms with Crippen LogP contribution in [0.25, 0.3) is 10.9 Å². The van der Waals surface area contributed by atoms with E-state index in [0.29, 0.717) is 6.04 Å². The summed E-state index contributed by atoms with van der Waals surface area (Å²) in [6, 6.07) is 9.23. The van der Waals surface area contributed by atoms with E-state index in [0.717, 1.165) is 32.7 Å². The molecule has 2 heterocycles. The average Bonchev–Trinajstić information content (AvgIpc) is 3.13. The van der Waals surface area contributed by atoms with Gasteiger partial charge >= 0.3 is 0 Å². The molecule has 1 atom stereocenters. The van der Waals surface area contributed by atoms with Gasteiger partial charge in [0.25, 0.3) is 0 Å². The Balaban J connectivity index is 1.89. The highest BCUT2D eigenvalue weighted by Gasteiger charge is 2.22. The van der Waals surface area contributed by atoms with Gasteiger partial charge in [-0.25, -0.2) is 0 Å². The van der Waals surface area contributed by atoms with Crippen LogP contribution in [-0.4, -0.2) is 40.4 Å². The maximum absolute atomic E-state index is 4.82. The minimum Gasteiger partial charge on any atom is -0.315 e. The molecule has 1 aromatic heterocycles. The molecule has 1 aliphatic rings. The van der Waals surface area contributed by atoms with Crippen molar-refractivity contribution in [2.24, 2.45) is 0 Å². The van der Waals surface area contributed by atoms with Gasteiger partial charge < -0.3 is 5.32 Å². The average molecular weight is 272 g/mol. The number of benzene rings is 1. The summed E-state index contributed by atoms with van der Waals surface area (Å²) in [4.78, 5) is 2.55. The first-order chi connectivity index (χ1) is 9.83. The van der Waals surface area contributed by atoms with Crippen molar-refractivity contribution in [2.75, 3.05) is 19.6 Å². The Bertz CT molecular complexity index is 569. The van der Waals surface area contributed by atoms with Crippen molar-refractivity contribution in [1.29, 1.82) is 0 Å². The molecule has 1 saturated heterocycles. The van der Waals surface area contributed by atoms with Crippen molar-refractivity contribution in [3.63, 3.8) is 0 Å². The molecule has 1 unspecified atom stereocenters. The van der Waals surface area contributed by atoms with Gasteiger partial charge in [0, 0.05) is 31.1 Å². The number of nitrogens with zero attached hydrogens (tertiary/aromatic N) is 3. The molecule has 0 amide bonds. The second kappa shape index (κ2) is 5.94. The van der Waals surface area contributed by atoms with Crippen LogP contribution in [0, 0.1) is 0 Å². The highest BCUT2D eigenvalue weighted by molar-refractivity contribution is 5.81. The molecule has 1 N–H and O–H groups in total. The largest absolute Gasteiger partial charge is 0.315 e. The molecule has 1 aliphatic heterocycles. The molecule has 1 aromatic carbocycles. The summed E-state index contributed by atoms with van der Waals surface area (Å²) in [5, 5.41) is 9.59. The highest BCUT2D eigenvalue weighted by atomic mass is 15.3. The van der Waals surface area contributed by atoms with E-state index >= 15 is 0 Å². The first-order valence-electron chi connectivity index (χ1n) is 7.72. The molecule has 20 heavy (non-hydrogen) atoms. The molecule has 1 fully saturated rings. The van der Waals surface area contributed by atoms with Crippen molar-refractivity contribution in [1.82, 2.24) is 20.0 Å². The number of rotatable bonds is 5. The van der Waals surface area contributed by atoms with Gasteiger partial charge in [0.05, 0.1) is 11.2 Å². The zero-order valence-corrected chi connectivity index (χ0v) is 12.5. The van der Waals surface area contributed by atoms with Crippen LogP contribution in [0.3, 0.4) is 0 Å². The van der Waals surface area contributed by atoms with E-state index < -0.39 is 0 Å². The highest BCUT2D eigenvalue weighted by Crippen LogP contribution is 2.21. The van der Waals surface area contributed by atoms with E-state index in [9.17, 15) is 0 Å². The molecule has 4 heteroatoms. The minimum atomic E-state index is 0.658. The fourth-order valence-electron chi connectivity index (χ4n) is 3.20. The Morgan fingerprint density at radius 1 is 1.35 bits per heavy atom. The zero-order valence-electron chi connectivity index (χ0n) is 12.5. The summed E-state index contributed by atoms with van der Waals surface area (Å²) in [5.41, 5.74) is 2.47. The van der Waals surface area contributed by atoms with Gasteiger partial charge in [-0.1, -0.05) is 25.1 Å². The quantitative estimate of drug-likeness (QED) is 0.906. The van der Waals surface area contributed by atoms with Crippen LogP contribution in [0.4, 0.5) is 0 Å². The van der Waals surface area contributed by atoms with Gasteiger partial charge in [-0.3, -0.25) is 9.58 Å². The molecule has 0 aliphatic carbocycles. The van der Waals surface area contributed by atoms with Gasteiger partial charge in [0.2, 0.25) is 0 Å². The number of aryl methyl sites for hydroxylation is 1. The monoisotopic (exact) mass is 272 g/mol. The Morgan fingerprint density at radius 2 is 2.20 bits per heavy atom. The first kappa shape index (κ1) is 13.6. The van der Waals surface area contributed by atoms with Crippen LogP contribution in [0.5, 0.6) is 0 Å². The third-order valence-corrected chi connectivity index (χ3v) is 4.34. The number of nitrogens with one attached hydrogen (secondary N) is 1. The fraction of sp³-hybridized carbons (Fsp3) is 0.562. The first-order valence-corrected chi connectivity index (χ1v) is 7.72. The van der Waals surface area contributed by atoms with Gasteiger partial charge in [0.1, 0.15) is 0 Å². The Labute approximate surface area is 120 Å². The third kappa shape index (κ3) is 2.45. The Morgan fingerprint density at radius 3 is 2.90 bits per heavy atom. The van der Waals surface area contributed by atoms with Crippen LogP contribution < -0.4 is 5.32 Å². The molecular weight excluding hydrogens is 248 g/mol. The summed E-state index contributed by atoms with van der Waals surface area (Å²) in [7, 11) is 0. The smallest absolute Gasteiger partial charge is 0.0843 e. The van der Waals surface area contributed by atoms with Crippen LogP contribution in [0.15, 0.2) is 24.3 Å². The summed E-state index contributed by atoms with van der Waals surface area (Å²) in [6.45, 7) is 9.62. The predicted molar refractivity (Wildman–Crippen MR) is 82.8 cm³/mol. The van der Waals surface area contributed by atoms with Gasteiger partial charge in [-0.15, -0.1) is 0 Å². The summed E-state index contributed by atoms with van der Waals surface area (Å²) in [5.74, 6) is 0. The van der Waals surface area contributed by atoms with Crippen molar-refractivity contribution in [3.8, 4) is 0 Å². The van der Waals surface area contributed by atoms with Crippen LogP contribution in [0.1, 0.15) is 26.0 Å². The standard InChI is InChI=1S/C16H24N4/c1-3-19(13-9-10-17-11-13)12-15-14-7-5-6-8-16(14)20(4-2)18-15/h5-8,13,17H,3-4,9-12H2,1-2H3. The number of hydrogen-bond acceptors (Lipinski definition) is 3. The fourth-order valence-corrected chi connectivity index (χ4v) is 3.20. The van der Waals surface area contributed by atoms with Crippen LogP contribution in [0.2, 0.25) is 0 Å². The normalized spacial score (nSPS) is 19.2. The second-order valence-corrected chi connectivity index (χ2v) is 5.49. The molecule has 0 radical (unpaired) electrons. The predicted octanol–water partition coefficient (Wildman–Crippen LogP) is 2.24. The molecule has 3 rings (SSSR count). The van der Waals surface area contributed by atoms with Gasteiger partial charge in [0.15, 0.2) is 0 Å². The maximum atomic E-state index is 4.82. The number of likely N-dealkylation sites (N-methyl/N-ethyl adjacent to an activating group) is 1. The van der Waals surface area contributed by atoms with E-state index in [1.54, 1.807) is 0 Å². The molecule has 2 aromatic rings. The van der Waals surface area contributed by atoms with Crippen molar-refractivity contribution < 1.29 is 0 Å². The van der Waals surface area contributed by atoms with Gasteiger partial charge in [-0.05, 0) is 32.5 Å². The number of hydrogen-bond donors (Lipinski definition) is 1. The number of aromatic nitrogens is 2. The molecular formula is C16H24N4. The maximum Gasteiger partial charge on any atom is 0.0843 e. The van der Waals surface area contributed by atoms with Crippen molar-refractivity contribution >= 4 is 10.9 Å². The van der Waals surface area contributed by atoms with Gasteiger partial charge in [-0.2, -0.15) is 5.10 Å². The van der Waals surface area contributed by atoms with E-state index in [1.807, 2.05) is 0 Å². The third-order valence-electron chi connectivity index (χ3n) is 4.34. The van der Waals surface area contributed by atoms with Crippen molar-refractivity contribution in [2.45, 2.75) is 39.4 Å². The summed E-state index contributed by atoms with van der Waals surface area (Å²) < 4.78 is 2.12. The number of fused-ring (bicyclic) bond motifs is 1. The lowest BCUT2D eigenvalue weighted by Crippen LogP contribution is -2.36. The Kier molecular flexibility index (Phi) is 4.03. The number of para-hydroxylation sites is 1. The minimum absolute atomic E-state index is 0.658. The van der Waals surface area contributed by atoms with E-state index in [2.05, 4.69) is 53.0 Å². The molecule has 0 saturated carbocycles. The topological polar surface area (TPSA) is 33.1 Å². The second-order valence-electron chi connectivity index (χ2n) is 5.49. The molecule has 0 bridgehead atoms. The summed E-state index contributed by atoms with van der Waals surface area (Å²) in [6.07, 6.45) is 1.25. The zero-order chi connectivity index (χ0) is 13.9. The molecule has 4 nitrogen and oxygen atoms in total. The molecule has 0 spiro atoms. The lowest BCUT2D eigenvalue weighted by Gasteiger charge is -2.26. The van der Waals surface area contributed by atoms with E-state index in [1.165, 1.54) is 23.0 Å². The lowest BCUT2D eigenvalue weighted by molar-refractivity contribution is 0.208. The SMILES string of the molecule is CCN(Cc1nn(CC)c2ccccc12)C1CCNC1. The summed E-state index contributed by atoms with van der Waals surface area (Å²) >= 11 is 0.